The SMILES string of the molecule is CCOC(=O)C(C)(Nc1cccc(Br)c1)C(C)C. The molecule has 0 aromatic heterocycles. The predicted molar refractivity (Wildman–Crippen MR) is 77.6 cm³/mol. The Kier molecular flexibility index (Phi) is 5.20. The van der Waals surface area contributed by atoms with Crippen molar-refractivity contribution < 1.29 is 9.53 Å². The lowest BCUT2D eigenvalue weighted by Gasteiger charge is -2.33. The second-order valence-corrected chi connectivity index (χ2v) is 5.63. The molecule has 1 aromatic carbocycles. The van der Waals surface area contributed by atoms with Crippen molar-refractivity contribution in [3.8, 4) is 0 Å². The molecule has 1 N–H and O–H groups in total. The molecule has 0 spiro atoms. The first-order valence-electron chi connectivity index (χ1n) is 6.11. The Bertz CT molecular complexity index is 420. The Balaban J connectivity index is 2.96. The van der Waals surface area contributed by atoms with Crippen molar-refractivity contribution >= 4 is 27.6 Å². The topological polar surface area (TPSA) is 38.3 Å². The van der Waals surface area contributed by atoms with Gasteiger partial charge in [-0.25, -0.2) is 4.79 Å². The second-order valence-electron chi connectivity index (χ2n) is 4.71. The zero-order valence-electron chi connectivity index (χ0n) is 11.3. The molecule has 100 valence electrons. The van der Waals surface area contributed by atoms with Gasteiger partial charge in [-0.1, -0.05) is 35.8 Å². The molecule has 3 nitrogen and oxygen atoms in total. The average molecular weight is 314 g/mol. The molecule has 0 saturated heterocycles. The normalized spacial score (nSPS) is 14.1. The Morgan fingerprint density at radius 3 is 2.67 bits per heavy atom. The molecule has 0 aliphatic heterocycles. The van der Waals surface area contributed by atoms with Gasteiger partial charge in [0, 0.05) is 10.2 Å². The summed E-state index contributed by atoms with van der Waals surface area (Å²) in [4.78, 5) is 12.1. The third-order valence-electron chi connectivity index (χ3n) is 3.08. The Morgan fingerprint density at radius 2 is 2.17 bits per heavy atom. The van der Waals surface area contributed by atoms with Crippen LogP contribution in [0.4, 0.5) is 5.69 Å². The summed E-state index contributed by atoms with van der Waals surface area (Å²) in [5.74, 6) is -0.101. The van der Waals surface area contributed by atoms with E-state index in [1.165, 1.54) is 0 Å². The van der Waals surface area contributed by atoms with Gasteiger partial charge in [0.05, 0.1) is 6.61 Å². The van der Waals surface area contributed by atoms with Crippen molar-refractivity contribution in [1.82, 2.24) is 0 Å². The number of hydrogen-bond acceptors (Lipinski definition) is 3. The lowest BCUT2D eigenvalue weighted by molar-refractivity contribution is -0.149. The fourth-order valence-corrected chi connectivity index (χ4v) is 1.98. The molecular weight excluding hydrogens is 294 g/mol. The lowest BCUT2D eigenvalue weighted by Crippen LogP contribution is -2.49. The maximum atomic E-state index is 12.1. The number of carbonyl (C=O) groups is 1. The maximum Gasteiger partial charge on any atom is 0.331 e. The number of nitrogens with one attached hydrogen (secondary N) is 1. The number of esters is 1. The highest BCUT2D eigenvalue weighted by molar-refractivity contribution is 9.10. The van der Waals surface area contributed by atoms with Gasteiger partial charge in [-0.3, -0.25) is 0 Å². The molecule has 0 heterocycles. The third-order valence-corrected chi connectivity index (χ3v) is 3.58. The fourth-order valence-electron chi connectivity index (χ4n) is 1.58. The van der Waals surface area contributed by atoms with Crippen LogP contribution in [0, 0.1) is 5.92 Å². The van der Waals surface area contributed by atoms with E-state index in [1.54, 1.807) is 0 Å². The van der Waals surface area contributed by atoms with E-state index < -0.39 is 5.54 Å². The molecule has 1 unspecified atom stereocenters. The number of carbonyl (C=O) groups excluding carboxylic acids is 1. The summed E-state index contributed by atoms with van der Waals surface area (Å²) in [5, 5.41) is 3.28. The number of hydrogen-bond donors (Lipinski definition) is 1. The van der Waals surface area contributed by atoms with E-state index in [0.717, 1.165) is 10.2 Å². The van der Waals surface area contributed by atoms with Gasteiger partial charge >= 0.3 is 5.97 Å². The molecule has 18 heavy (non-hydrogen) atoms. The highest BCUT2D eigenvalue weighted by atomic mass is 79.9. The molecule has 0 saturated carbocycles. The van der Waals surface area contributed by atoms with E-state index in [1.807, 2.05) is 52.0 Å². The minimum absolute atomic E-state index is 0.121. The molecule has 4 heteroatoms. The molecule has 0 radical (unpaired) electrons. The van der Waals surface area contributed by atoms with Crippen molar-refractivity contribution in [2.45, 2.75) is 33.2 Å². The van der Waals surface area contributed by atoms with Gasteiger partial charge in [0.2, 0.25) is 0 Å². The smallest absolute Gasteiger partial charge is 0.331 e. The van der Waals surface area contributed by atoms with Crippen LogP contribution >= 0.6 is 15.9 Å². The Hall–Kier alpha value is -1.03. The first-order valence-corrected chi connectivity index (χ1v) is 6.90. The first-order chi connectivity index (χ1) is 8.40. The van der Waals surface area contributed by atoms with Crippen LogP contribution in [0.15, 0.2) is 28.7 Å². The van der Waals surface area contributed by atoms with E-state index in [9.17, 15) is 4.79 Å². The minimum atomic E-state index is -0.725. The summed E-state index contributed by atoms with van der Waals surface area (Å²) in [6.07, 6.45) is 0. The van der Waals surface area contributed by atoms with Gasteiger partial charge in [0.25, 0.3) is 0 Å². The van der Waals surface area contributed by atoms with Gasteiger partial charge in [-0.2, -0.15) is 0 Å². The van der Waals surface area contributed by atoms with Crippen LogP contribution in [-0.2, 0) is 9.53 Å². The number of rotatable bonds is 5. The molecule has 1 aromatic rings. The van der Waals surface area contributed by atoms with Crippen molar-refractivity contribution in [1.29, 1.82) is 0 Å². The lowest BCUT2D eigenvalue weighted by atomic mass is 9.88. The van der Waals surface area contributed by atoms with Gasteiger partial charge in [-0.15, -0.1) is 0 Å². The molecule has 0 bridgehead atoms. The summed E-state index contributed by atoms with van der Waals surface area (Å²) in [6, 6.07) is 7.76. The predicted octanol–water partition coefficient (Wildman–Crippen LogP) is 3.84. The summed E-state index contributed by atoms with van der Waals surface area (Å²) in [7, 11) is 0. The van der Waals surface area contributed by atoms with Gasteiger partial charge in [-0.05, 0) is 38.0 Å². The summed E-state index contributed by atoms with van der Waals surface area (Å²) >= 11 is 3.42. The first kappa shape index (κ1) is 15.0. The molecule has 1 atom stereocenters. The van der Waals surface area contributed by atoms with E-state index >= 15 is 0 Å². The molecule has 1 rings (SSSR count). The molecule has 0 amide bonds. The fraction of sp³-hybridized carbons (Fsp3) is 0.500. The van der Waals surface area contributed by atoms with Crippen LogP contribution in [0.5, 0.6) is 0 Å². The summed E-state index contributed by atoms with van der Waals surface area (Å²) < 4.78 is 6.13. The van der Waals surface area contributed by atoms with Crippen LogP contribution in [0.3, 0.4) is 0 Å². The van der Waals surface area contributed by atoms with Crippen molar-refractivity contribution in [3.63, 3.8) is 0 Å². The van der Waals surface area contributed by atoms with Crippen molar-refractivity contribution in [2.24, 2.45) is 5.92 Å². The summed E-state index contributed by atoms with van der Waals surface area (Å²) in [6.45, 7) is 8.08. The number of ether oxygens (including phenoxy) is 1. The third kappa shape index (κ3) is 3.48. The maximum absolute atomic E-state index is 12.1. The second kappa shape index (κ2) is 6.23. The van der Waals surface area contributed by atoms with E-state index in [2.05, 4.69) is 21.2 Å². The van der Waals surface area contributed by atoms with Gasteiger partial charge < -0.3 is 10.1 Å². The van der Waals surface area contributed by atoms with E-state index in [-0.39, 0.29) is 11.9 Å². The molecule has 0 aliphatic carbocycles. The van der Waals surface area contributed by atoms with Crippen LogP contribution in [0.25, 0.3) is 0 Å². The Morgan fingerprint density at radius 1 is 1.50 bits per heavy atom. The zero-order valence-corrected chi connectivity index (χ0v) is 12.9. The molecule has 0 aliphatic rings. The average Bonchev–Trinajstić information content (AvgIpc) is 2.28. The van der Waals surface area contributed by atoms with Crippen LogP contribution in [-0.4, -0.2) is 18.1 Å². The molecular formula is C14H20BrNO2. The number of anilines is 1. The standard InChI is InChI=1S/C14H20BrNO2/c1-5-18-13(17)14(4,10(2)3)16-12-8-6-7-11(15)9-12/h6-10,16H,5H2,1-4H3. The largest absolute Gasteiger partial charge is 0.464 e. The van der Waals surface area contributed by atoms with E-state index in [4.69, 9.17) is 4.74 Å². The van der Waals surface area contributed by atoms with Gasteiger partial charge in [0.1, 0.15) is 5.54 Å². The van der Waals surface area contributed by atoms with Crippen LogP contribution < -0.4 is 5.32 Å². The summed E-state index contributed by atoms with van der Waals surface area (Å²) in [5.41, 5.74) is 0.171. The van der Waals surface area contributed by atoms with Crippen LogP contribution in [0.2, 0.25) is 0 Å². The van der Waals surface area contributed by atoms with Gasteiger partial charge in [0.15, 0.2) is 0 Å². The zero-order chi connectivity index (χ0) is 13.8. The molecule has 0 fully saturated rings. The minimum Gasteiger partial charge on any atom is -0.464 e. The number of benzene rings is 1. The monoisotopic (exact) mass is 313 g/mol. The highest BCUT2D eigenvalue weighted by Gasteiger charge is 2.38. The number of halogens is 1. The van der Waals surface area contributed by atoms with E-state index in [0.29, 0.717) is 6.61 Å². The van der Waals surface area contributed by atoms with Crippen molar-refractivity contribution in [3.05, 3.63) is 28.7 Å². The van der Waals surface area contributed by atoms with Crippen LogP contribution in [0.1, 0.15) is 27.7 Å². The van der Waals surface area contributed by atoms with Crippen molar-refractivity contribution in [2.75, 3.05) is 11.9 Å². The Labute approximate surface area is 117 Å². The highest BCUT2D eigenvalue weighted by Crippen LogP contribution is 2.26. The quantitative estimate of drug-likeness (QED) is 0.839.